The zero-order valence-electron chi connectivity index (χ0n) is 18.5. The molecule has 0 aliphatic carbocycles. The van der Waals surface area contributed by atoms with Crippen LogP contribution in [-0.4, -0.2) is 30.7 Å². The maximum atomic E-state index is 12.8. The van der Waals surface area contributed by atoms with Crippen molar-refractivity contribution >= 4 is 50.5 Å². The molecule has 0 fully saturated rings. The van der Waals surface area contributed by atoms with E-state index in [1.807, 2.05) is 30.3 Å². The van der Waals surface area contributed by atoms with Gasteiger partial charge >= 0.3 is 0 Å². The standard InChI is InChI=1S/C24H32BrN3O2S/c1-4-7-8-9-16-30-22-15-10-18(25)17-21(22)23(29)27-24(31)26-19-11-13-20(14-12-19)28(5-2)6-3/h10-15,17H,4-9,16H2,1-3H3,(H2,26,27,29,31). The van der Waals surface area contributed by atoms with Crippen LogP contribution in [0.2, 0.25) is 0 Å². The molecule has 0 unspecified atom stereocenters. The fourth-order valence-electron chi connectivity index (χ4n) is 3.19. The topological polar surface area (TPSA) is 53.6 Å². The van der Waals surface area contributed by atoms with E-state index in [0.717, 1.165) is 41.8 Å². The first kappa shape index (κ1) is 25.1. The lowest BCUT2D eigenvalue weighted by molar-refractivity contribution is 0.0973. The lowest BCUT2D eigenvalue weighted by Gasteiger charge is -2.21. The number of nitrogens with zero attached hydrogens (tertiary/aromatic N) is 1. The van der Waals surface area contributed by atoms with Gasteiger partial charge in [0.1, 0.15) is 5.75 Å². The molecule has 168 valence electrons. The number of hydrogen-bond donors (Lipinski definition) is 2. The number of halogens is 1. The average molecular weight is 507 g/mol. The highest BCUT2D eigenvalue weighted by Crippen LogP contribution is 2.24. The zero-order valence-corrected chi connectivity index (χ0v) is 20.9. The molecule has 0 aliphatic heterocycles. The number of unbranched alkanes of at least 4 members (excludes halogenated alkanes) is 3. The van der Waals surface area contributed by atoms with Gasteiger partial charge < -0.3 is 15.0 Å². The van der Waals surface area contributed by atoms with Crippen molar-refractivity contribution in [2.45, 2.75) is 46.5 Å². The third kappa shape index (κ3) is 8.15. The van der Waals surface area contributed by atoms with Crippen LogP contribution in [-0.2, 0) is 0 Å². The van der Waals surface area contributed by atoms with Gasteiger partial charge in [-0.1, -0.05) is 42.1 Å². The van der Waals surface area contributed by atoms with Gasteiger partial charge in [0, 0.05) is 28.9 Å². The lowest BCUT2D eigenvalue weighted by atomic mass is 10.2. The summed E-state index contributed by atoms with van der Waals surface area (Å²) < 4.78 is 6.67. The van der Waals surface area contributed by atoms with E-state index < -0.39 is 0 Å². The van der Waals surface area contributed by atoms with E-state index in [-0.39, 0.29) is 11.0 Å². The Morgan fingerprint density at radius 2 is 1.74 bits per heavy atom. The summed E-state index contributed by atoms with van der Waals surface area (Å²) in [6.45, 7) is 8.93. The van der Waals surface area contributed by atoms with E-state index in [0.29, 0.717) is 17.9 Å². The number of benzene rings is 2. The fourth-order valence-corrected chi connectivity index (χ4v) is 3.77. The Kier molecular flexibility index (Phi) is 10.8. The van der Waals surface area contributed by atoms with E-state index >= 15 is 0 Å². The number of nitrogens with one attached hydrogen (secondary N) is 2. The van der Waals surface area contributed by atoms with E-state index in [4.69, 9.17) is 17.0 Å². The second kappa shape index (κ2) is 13.3. The summed E-state index contributed by atoms with van der Waals surface area (Å²) in [4.78, 5) is 15.1. The molecular formula is C24H32BrN3O2S. The van der Waals surface area contributed by atoms with Gasteiger partial charge in [0.2, 0.25) is 0 Å². The Bertz CT molecular complexity index is 854. The van der Waals surface area contributed by atoms with Gasteiger partial charge in [0.25, 0.3) is 5.91 Å². The summed E-state index contributed by atoms with van der Waals surface area (Å²) in [5.74, 6) is 0.255. The third-order valence-electron chi connectivity index (χ3n) is 4.92. The lowest BCUT2D eigenvalue weighted by Crippen LogP contribution is -2.34. The predicted molar refractivity (Wildman–Crippen MR) is 137 cm³/mol. The number of ether oxygens (including phenoxy) is 1. The Morgan fingerprint density at radius 3 is 2.39 bits per heavy atom. The van der Waals surface area contributed by atoms with Crippen molar-refractivity contribution in [3.05, 3.63) is 52.5 Å². The number of hydrogen-bond acceptors (Lipinski definition) is 4. The van der Waals surface area contributed by atoms with Crippen LogP contribution in [0.15, 0.2) is 46.9 Å². The van der Waals surface area contributed by atoms with Crippen molar-refractivity contribution in [1.82, 2.24) is 5.32 Å². The molecule has 2 aromatic rings. The van der Waals surface area contributed by atoms with Gasteiger partial charge in [0.15, 0.2) is 5.11 Å². The average Bonchev–Trinajstić information content (AvgIpc) is 2.76. The molecule has 0 saturated heterocycles. The van der Waals surface area contributed by atoms with Crippen LogP contribution in [0.25, 0.3) is 0 Å². The van der Waals surface area contributed by atoms with Gasteiger partial charge in [-0.15, -0.1) is 0 Å². The molecule has 0 saturated carbocycles. The molecule has 0 aromatic heterocycles. The fraction of sp³-hybridized carbons (Fsp3) is 0.417. The molecule has 0 radical (unpaired) electrons. The van der Waals surface area contributed by atoms with Gasteiger partial charge in [-0.3, -0.25) is 10.1 Å². The molecule has 7 heteroatoms. The first-order valence-corrected chi connectivity index (χ1v) is 12.1. The summed E-state index contributed by atoms with van der Waals surface area (Å²) in [6.07, 6.45) is 4.45. The molecule has 31 heavy (non-hydrogen) atoms. The maximum Gasteiger partial charge on any atom is 0.261 e. The zero-order chi connectivity index (χ0) is 22.6. The summed E-state index contributed by atoms with van der Waals surface area (Å²) in [7, 11) is 0. The predicted octanol–water partition coefficient (Wildman–Crippen LogP) is 6.38. The molecule has 2 rings (SSSR count). The Labute approximate surface area is 199 Å². The maximum absolute atomic E-state index is 12.8. The van der Waals surface area contributed by atoms with Gasteiger partial charge in [0.05, 0.1) is 12.2 Å². The van der Waals surface area contributed by atoms with E-state index in [2.05, 4.69) is 52.2 Å². The van der Waals surface area contributed by atoms with Gasteiger partial charge in [-0.25, -0.2) is 0 Å². The monoisotopic (exact) mass is 505 g/mol. The van der Waals surface area contributed by atoms with E-state index in [1.165, 1.54) is 12.8 Å². The molecular weight excluding hydrogens is 474 g/mol. The van der Waals surface area contributed by atoms with Crippen LogP contribution in [0.5, 0.6) is 5.75 Å². The first-order chi connectivity index (χ1) is 15.0. The second-order valence-corrected chi connectivity index (χ2v) is 8.50. The van der Waals surface area contributed by atoms with Crippen molar-refractivity contribution in [2.24, 2.45) is 0 Å². The van der Waals surface area contributed by atoms with Crippen LogP contribution in [0.4, 0.5) is 11.4 Å². The second-order valence-electron chi connectivity index (χ2n) is 7.18. The minimum absolute atomic E-state index is 0.245. The van der Waals surface area contributed by atoms with E-state index in [1.54, 1.807) is 12.1 Å². The van der Waals surface area contributed by atoms with Crippen LogP contribution in [0.1, 0.15) is 56.8 Å². The summed E-state index contributed by atoms with van der Waals surface area (Å²) in [5, 5.41) is 6.07. The molecule has 0 heterocycles. The number of carbonyl (C=O) groups is 1. The van der Waals surface area contributed by atoms with Crippen molar-refractivity contribution < 1.29 is 9.53 Å². The summed E-state index contributed by atoms with van der Waals surface area (Å²) >= 11 is 8.78. The summed E-state index contributed by atoms with van der Waals surface area (Å²) in [5.41, 5.74) is 2.43. The van der Waals surface area contributed by atoms with Gasteiger partial charge in [-0.2, -0.15) is 0 Å². The van der Waals surface area contributed by atoms with Crippen molar-refractivity contribution in [1.29, 1.82) is 0 Å². The van der Waals surface area contributed by atoms with E-state index in [9.17, 15) is 4.79 Å². The Hall–Kier alpha value is -2.12. The number of carbonyl (C=O) groups excluding carboxylic acids is 1. The molecule has 5 nitrogen and oxygen atoms in total. The Morgan fingerprint density at radius 1 is 1.03 bits per heavy atom. The highest BCUT2D eigenvalue weighted by molar-refractivity contribution is 9.10. The molecule has 0 atom stereocenters. The third-order valence-corrected chi connectivity index (χ3v) is 5.62. The largest absolute Gasteiger partial charge is 0.493 e. The van der Waals surface area contributed by atoms with Crippen LogP contribution >= 0.6 is 28.1 Å². The van der Waals surface area contributed by atoms with Crippen LogP contribution < -0.4 is 20.3 Å². The quantitative estimate of drug-likeness (QED) is 0.274. The summed E-state index contributed by atoms with van der Waals surface area (Å²) in [6, 6.07) is 13.4. The van der Waals surface area contributed by atoms with Crippen molar-refractivity contribution in [3.63, 3.8) is 0 Å². The molecule has 0 spiro atoms. The first-order valence-electron chi connectivity index (χ1n) is 10.9. The Balaban J connectivity index is 1.97. The molecule has 2 aromatic carbocycles. The minimum Gasteiger partial charge on any atom is -0.493 e. The number of amides is 1. The number of anilines is 2. The molecule has 0 bridgehead atoms. The molecule has 2 N–H and O–H groups in total. The SMILES string of the molecule is CCCCCCOc1ccc(Br)cc1C(=O)NC(=S)Nc1ccc(N(CC)CC)cc1. The number of rotatable bonds is 11. The molecule has 1 amide bonds. The van der Waals surface area contributed by atoms with Gasteiger partial charge in [-0.05, 0) is 75.0 Å². The highest BCUT2D eigenvalue weighted by Gasteiger charge is 2.15. The van der Waals surface area contributed by atoms with Crippen molar-refractivity contribution in [2.75, 3.05) is 29.9 Å². The van der Waals surface area contributed by atoms with Crippen molar-refractivity contribution in [3.8, 4) is 5.75 Å². The minimum atomic E-state index is -0.304. The molecule has 0 aliphatic rings. The highest BCUT2D eigenvalue weighted by atomic mass is 79.9. The van der Waals surface area contributed by atoms with Crippen LogP contribution in [0, 0.1) is 0 Å². The van der Waals surface area contributed by atoms with Crippen LogP contribution in [0.3, 0.4) is 0 Å². The normalized spacial score (nSPS) is 10.5. The number of thiocarbonyl (C=S) groups is 1. The smallest absolute Gasteiger partial charge is 0.261 e.